The van der Waals surface area contributed by atoms with Crippen LogP contribution in [0, 0.1) is 20.8 Å². The first-order valence-corrected chi connectivity index (χ1v) is 8.30. The fourth-order valence-corrected chi connectivity index (χ4v) is 2.70. The van der Waals surface area contributed by atoms with Crippen LogP contribution in [0.3, 0.4) is 0 Å². The number of rotatable bonds is 5. The van der Waals surface area contributed by atoms with E-state index >= 15 is 0 Å². The summed E-state index contributed by atoms with van der Waals surface area (Å²) in [6.07, 6.45) is 0. The number of nitrogens with one attached hydrogen (secondary N) is 2. The molecule has 27 heavy (non-hydrogen) atoms. The van der Waals surface area contributed by atoms with Crippen molar-refractivity contribution >= 4 is 23.6 Å². The zero-order valence-electron chi connectivity index (χ0n) is 15.7. The van der Waals surface area contributed by atoms with Crippen molar-refractivity contribution in [3.05, 3.63) is 58.7 Å². The molecule has 3 amide bonds. The van der Waals surface area contributed by atoms with Gasteiger partial charge in [-0.2, -0.15) is 0 Å². The van der Waals surface area contributed by atoms with Gasteiger partial charge in [0.05, 0.1) is 12.7 Å². The highest BCUT2D eigenvalue weighted by Crippen LogP contribution is 2.17. The average molecular weight is 370 g/mol. The van der Waals surface area contributed by atoms with E-state index in [0.29, 0.717) is 17.0 Å². The van der Waals surface area contributed by atoms with Crippen LogP contribution >= 0.6 is 0 Å². The Hall–Kier alpha value is -3.35. The molecular formula is C20H22N2O5. The van der Waals surface area contributed by atoms with Crippen molar-refractivity contribution in [2.75, 3.05) is 19.0 Å². The minimum atomic E-state index is -0.725. The molecule has 2 aromatic rings. The number of urea groups is 1. The standard InChI is InChI=1S/C20H22N2O5/c1-12-9-13(2)18(14(3)10-12)19(24)27-11-17(23)22-20(25)21-15-5-7-16(26-4)8-6-15/h5-10H,11H2,1-4H3,(H2,21,22,23,25). The summed E-state index contributed by atoms with van der Waals surface area (Å²) >= 11 is 0. The fraction of sp³-hybridized carbons (Fsp3) is 0.250. The molecule has 0 atom stereocenters. The van der Waals surface area contributed by atoms with Crippen molar-refractivity contribution in [3.63, 3.8) is 0 Å². The van der Waals surface area contributed by atoms with E-state index in [1.165, 1.54) is 7.11 Å². The molecule has 7 nitrogen and oxygen atoms in total. The maximum Gasteiger partial charge on any atom is 0.339 e. The van der Waals surface area contributed by atoms with Gasteiger partial charge in [-0.15, -0.1) is 0 Å². The molecule has 2 aromatic carbocycles. The number of hydrogen-bond acceptors (Lipinski definition) is 5. The van der Waals surface area contributed by atoms with Crippen molar-refractivity contribution in [1.82, 2.24) is 5.32 Å². The number of esters is 1. The topological polar surface area (TPSA) is 93.7 Å². The molecule has 0 heterocycles. The number of carbonyl (C=O) groups excluding carboxylic acids is 3. The first-order valence-electron chi connectivity index (χ1n) is 8.30. The third-order valence-electron chi connectivity index (χ3n) is 3.82. The highest BCUT2D eigenvalue weighted by atomic mass is 16.5. The second-order valence-corrected chi connectivity index (χ2v) is 6.08. The average Bonchev–Trinajstić information content (AvgIpc) is 2.59. The number of ether oxygens (including phenoxy) is 2. The van der Waals surface area contributed by atoms with Crippen LogP contribution in [0.1, 0.15) is 27.0 Å². The van der Waals surface area contributed by atoms with Gasteiger partial charge in [-0.25, -0.2) is 9.59 Å². The summed E-state index contributed by atoms with van der Waals surface area (Å²) < 4.78 is 10.0. The van der Waals surface area contributed by atoms with Gasteiger partial charge in [-0.3, -0.25) is 10.1 Å². The maximum absolute atomic E-state index is 12.2. The molecule has 0 aliphatic carbocycles. The molecule has 0 unspecified atom stereocenters. The van der Waals surface area contributed by atoms with Gasteiger partial charge in [0, 0.05) is 5.69 Å². The Balaban J connectivity index is 1.86. The molecule has 0 radical (unpaired) electrons. The van der Waals surface area contributed by atoms with Crippen LogP contribution < -0.4 is 15.4 Å². The summed E-state index contributed by atoms with van der Waals surface area (Å²) in [5, 5.41) is 4.61. The molecule has 0 saturated carbocycles. The zero-order valence-corrected chi connectivity index (χ0v) is 15.7. The van der Waals surface area contributed by atoms with Crippen LogP contribution in [0.5, 0.6) is 5.75 Å². The van der Waals surface area contributed by atoms with Gasteiger partial charge in [0.25, 0.3) is 5.91 Å². The van der Waals surface area contributed by atoms with E-state index in [9.17, 15) is 14.4 Å². The van der Waals surface area contributed by atoms with Gasteiger partial charge in [0.15, 0.2) is 6.61 Å². The van der Waals surface area contributed by atoms with Crippen molar-refractivity contribution in [3.8, 4) is 5.75 Å². The minimum Gasteiger partial charge on any atom is -0.497 e. The third kappa shape index (κ3) is 5.57. The molecule has 0 saturated heterocycles. The summed E-state index contributed by atoms with van der Waals surface area (Å²) in [6, 6.07) is 9.62. The van der Waals surface area contributed by atoms with Gasteiger partial charge in [0.2, 0.25) is 0 Å². The molecule has 2 rings (SSSR count). The van der Waals surface area contributed by atoms with Gasteiger partial charge in [-0.1, -0.05) is 17.7 Å². The minimum absolute atomic E-state index is 0.427. The first-order chi connectivity index (χ1) is 12.8. The SMILES string of the molecule is COc1ccc(NC(=O)NC(=O)COC(=O)c2c(C)cc(C)cc2C)cc1. The number of aryl methyl sites for hydroxylation is 3. The van der Waals surface area contributed by atoms with E-state index in [2.05, 4.69) is 10.6 Å². The van der Waals surface area contributed by atoms with Crippen LogP contribution in [-0.4, -0.2) is 31.6 Å². The number of anilines is 1. The monoisotopic (exact) mass is 370 g/mol. The largest absolute Gasteiger partial charge is 0.497 e. The lowest BCUT2D eigenvalue weighted by Gasteiger charge is -2.11. The lowest BCUT2D eigenvalue weighted by molar-refractivity contribution is -0.123. The van der Waals surface area contributed by atoms with Crippen LogP contribution in [-0.2, 0) is 9.53 Å². The van der Waals surface area contributed by atoms with Crippen LogP contribution in [0.25, 0.3) is 0 Å². The number of carbonyl (C=O) groups is 3. The molecule has 0 bridgehead atoms. The van der Waals surface area contributed by atoms with Gasteiger partial charge < -0.3 is 14.8 Å². The van der Waals surface area contributed by atoms with E-state index in [-0.39, 0.29) is 0 Å². The van der Waals surface area contributed by atoms with Gasteiger partial charge >= 0.3 is 12.0 Å². The highest BCUT2D eigenvalue weighted by molar-refractivity contribution is 6.02. The lowest BCUT2D eigenvalue weighted by Crippen LogP contribution is -2.37. The molecule has 142 valence electrons. The normalized spacial score (nSPS) is 10.1. The molecule has 7 heteroatoms. The fourth-order valence-electron chi connectivity index (χ4n) is 2.70. The number of hydrogen-bond donors (Lipinski definition) is 2. The molecule has 0 aliphatic heterocycles. The molecule has 0 fully saturated rings. The number of imide groups is 1. The summed E-state index contributed by atoms with van der Waals surface area (Å²) in [6.45, 7) is 4.99. The second kappa shape index (κ2) is 8.84. The van der Waals surface area contributed by atoms with Crippen molar-refractivity contribution in [2.24, 2.45) is 0 Å². The van der Waals surface area contributed by atoms with E-state index < -0.39 is 24.5 Å². The third-order valence-corrected chi connectivity index (χ3v) is 3.82. The van der Waals surface area contributed by atoms with Crippen LogP contribution in [0.2, 0.25) is 0 Å². The summed E-state index contributed by atoms with van der Waals surface area (Å²) in [7, 11) is 1.54. The summed E-state index contributed by atoms with van der Waals surface area (Å²) in [5.74, 6) is -0.682. The Labute approximate surface area is 157 Å². The zero-order chi connectivity index (χ0) is 20.0. The lowest BCUT2D eigenvalue weighted by atomic mass is 10.00. The van der Waals surface area contributed by atoms with Crippen LogP contribution in [0.15, 0.2) is 36.4 Å². The van der Waals surface area contributed by atoms with Gasteiger partial charge in [-0.05, 0) is 56.2 Å². The second-order valence-electron chi connectivity index (χ2n) is 6.08. The first kappa shape index (κ1) is 20.0. The predicted octanol–water partition coefficient (Wildman–Crippen LogP) is 3.13. The van der Waals surface area contributed by atoms with E-state index in [1.807, 2.05) is 19.1 Å². The summed E-state index contributed by atoms with van der Waals surface area (Å²) in [4.78, 5) is 35.9. The maximum atomic E-state index is 12.2. The molecule has 2 N–H and O–H groups in total. The van der Waals surface area contributed by atoms with Crippen molar-refractivity contribution in [1.29, 1.82) is 0 Å². The predicted molar refractivity (Wildman–Crippen MR) is 101 cm³/mol. The van der Waals surface area contributed by atoms with E-state index in [4.69, 9.17) is 9.47 Å². The highest BCUT2D eigenvalue weighted by Gasteiger charge is 2.16. The Bertz CT molecular complexity index is 836. The van der Waals surface area contributed by atoms with Gasteiger partial charge in [0.1, 0.15) is 5.75 Å². The molecular weight excluding hydrogens is 348 g/mol. The Kier molecular flexibility index (Phi) is 6.54. The van der Waals surface area contributed by atoms with E-state index in [0.717, 1.165) is 16.7 Å². The van der Waals surface area contributed by atoms with Crippen molar-refractivity contribution in [2.45, 2.75) is 20.8 Å². The Morgan fingerprint density at radius 2 is 1.56 bits per heavy atom. The molecule has 0 aliphatic rings. The number of methoxy groups -OCH3 is 1. The Morgan fingerprint density at radius 3 is 2.11 bits per heavy atom. The number of amides is 3. The van der Waals surface area contributed by atoms with Crippen molar-refractivity contribution < 1.29 is 23.9 Å². The smallest absolute Gasteiger partial charge is 0.339 e. The Morgan fingerprint density at radius 1 is 0.963 bits per heavy atom. The van der Waals surface area contributed by atoms with E-state index in [1.54, 1.807) is 38.1 Å². The quantitative estimate of drug-likeness (QED) is 0.789. The number of benzene rings is 2. The van der Waals surface area contributed by atoms with Crippen LogP contribution in [0.4, 0.5) is 10.5 Å². The summed E-state index contributed by atoms with van der Waals surface area (Å²) in [5.41, 5.74) is 3.50. The molecule has 0 spiro atoms. The molecule has 0 aromatic heterocycles.